The Morgan fingerprint density at radius 3 is 2.37 bits per heavy atom. The SMILES string of the molecule is C=CCC(C(=C)C)c1cccc(-c2ccccc2)c1. The molecule has 0 heterocycles. The lowest BCUT2D eigenvalue weighted by atomic mass is 9.88. The standard InChI is InChI=1S/C19H20/c1-4-9-19(15(2)3)18-13-8-12-17(14-18)16-10-6-5-7-11-16/h4-8,10-14,19H,1-2,9H2,3H3. The van der Waals surface area contributed by atoms with Gasteiger partial charge in [-0.3, -0.25) is 0 Å². The van der Waals surface area contributed by atoms with Crippen LogP contribution in [-0.2, 0) is 0 Å². The lowest BCUT2D eigenvalue weighted by Gasteiger charge is -2.16. The van der Waals surface area contributed by atoms with Crippen LogP contribution in [0.25, 0.3) is 11.1 Å². The van der Waals surface area contributed by atoms with Gasteiger partial charge in [-0.1, -0.05) is 72.8 Å². The molecule has 0 saturated carbocycles. The van der Waals surface area contributed by atoms with Crippen molar-refractivity contribution in [3.8, 4) is 11.1 Å². The van der Waals surface area contributed by atoms with Crippen LogP contribution in [0.1, 0.15) is 24.8 Å². The van der Waals surface area contributed by atoms with E-state index in [0.717, 1.165) is 6.42 Å². The van der Waals surface area contributed by atoms with Crippen molar-refractivity contribution in [1.82, 2.24) is 0 Å². The van der Waals surface area contributed by atoms with Crippen molar-refractivity contribution in [2.24, 2.45) is 0 Å². The monoisotopic (exact) mass is 248 g/mol. The molecule has 0 aliphatic rings. The predicted molar refractivity (Wildman–Crippen MR) is 84.2 cm³/mol. The van der Waals surface area contributed by atoms with Crippen molar-refractivity contribution < 1.29 is 0 Å². The summed E-state index contributed by atoms with van der Waals surface area (Å²) in [6, 6.07) is 19.2. The summed E-state index contributed by atoms with van der Waals surface area (Å²) in [7, 11) is 0. The first-order chi connectivity index (χ1) is 9.22. The molecule has 0 nitrogen and oxygen atoms in total. The summed E-state index contributed by atoms with van der Waals surface area (Å²) in [5.74, 6) is 0.362. The van der Waals surface area contributed by atoms with E-state index < -0.39 is 0 Å². The maximum Gasteiger partial charge on any atom is 0.00773 e. The molecule has 2 aromatic rings. The van der Waals surface area contributed by atoms with Gasteiger partial charge in [-0.05, 0) is 30.0 Å². The van der Waals surface area contributed by atoms with E-state index in [1.807, 2.05) is 12.1 Å². The Morgan fingerprint density at radius 2 is 1.74 bits per heavy atom. The normalized spacial score (nSPS) is 11.8. The summed E-state index contributed by atoms with van der Waals surface area (Å²) in [6.07, 6.45) is 2.90. The fourth-order valence-corrected chi connectivity index (χ4v) is 2.35. The zero-order valence-corrected chi connectivity index (χ0v) is 11.5. The summed E-state index contributed by atoms with van der Waals surface area (Å²) in [5.41, 5.74) is 5.01. The van der Waals surface area contributed by atoms with Gasteiger partial charge >= 0.3 is 0 Å². The average Bonchev–Trinajstić information content (AvgIpc) is 2.45. The van der Waals surface area contributed by atoms with E-state index in [2.05, 4.69) is 68.6 Å². The van der Waals surface area contributed by atoms with Gasteiger partial charge in [0, 0.05) is 5.92 Å². The molecule has 2 rings (SSSR count). The highest BCUT2D eigenvalue weighted by Crippen LogP contribution is 2.30. The minimum absolute atomic E-state index is 0.362. The first kappa shape index (κ1) is 13.4. The van der Waals surface area contributed by atoms with Gasteiger partial charge in [-0.2, -0.15) is 0 Å². The second kappa shape index (κ2) is 6.19. The van der Waals surface area contributed by atoms with Crippen LogP contribution in [0, 0.1) is 0 Å². The third-order valence-electron chi connectivity index (χ3n) is 3.39. The molecule has 1 atom stereocenters. The smallest absolute Gasteiger partial charge is 0.00773 e. The summed E-state index contributed by atoms with van der Waals surface area (Å²) < 4.78 is 0. The Hall–Kier alpha value is -2.08. The van der Waals surface area contributed by atoms with E-state index in [-0.39, 0.29) is 0 Å². The number of allylic oxidation sites excluding steroid dienone is 2. The first-order valence-corrected chi connectivity index (χ1v) is 6.64. The molecule has 0 bridgehead atoms. The van der Waals surface area contributed by atoms with Crippen molar-refractivity contribution in [3.05, 3.63) is 85.0 Å². The number of rotatable bonds is 5. The summed E-state index contributed by atoms with van der Waals surface area (Å²) in [5, 5.41) is 0. The van der Waals surface area contributed by atoms with E-state index >= 15 is 0 Å². The van der Waals surface area contributed by atoms with Gasteiger partial charge in [0.05, 0.1) is 0 Å². The lowest BCUT2D eigenvalue weighted by Crippen LogP contribution is -1.98. The number of hydrogen-bond acceptors (Lipinski definition) is 0. The predicted octanol–water partition coefficient (Wildman–Crippen LogP) is 5.59. The minimum Gasteiger partial charge on any atom is -0.103 e. The van der Waals surface area contributed by atoms with Crippen molar-refractivity contribution in [3.63, 3.8) is 0 Å². The Morgan fingerprint density at radius 1 is 1.05 bits per heavy atom. The van der Waals surface area contributed by atoms with Crippen LogP contribution in [-0.4, -0.2) is 0 Å². The van der Waals surface area contributed by atoms with Crippen LogP contribution in [0.2, 0.25) is 0 Å². The topological polar surface area (TPSA) is 0 Å². The third kappa shape index (κ3) is 3.23. The zero-order valence-electron chi connectivity index (χ0n) is 11.5. The summed E-state index contributed by atoms with van der Waals surface area (Å²) >= 11 is 0. The van der Waals surface area contributed by atoms with Crippen molar-refractivity contribution in [2.75, 3.05) is 0 Å². The lowest BCUT2D eigenvalue weighted by molar-refractivity contribution is 0.813. The second-order valence-corrected chi connectivity index (χ2v) is 4.91. The average molecular weight is 248 g/mol. The van der Waals surface area contributed by atoms with Crippen LogP contribution in [0.5, 0.6) is 0 Å². The summed E-state index contributed by atoms with van der Waals surface area (Å²) in [6.45, 7) is 10.0. The third-order valence-corrected chi connectivity index (χ3v) is 3.39. The Bertz CT molecular complexity index is 564. The Labute approximate surface area is 116 Å². The molecular formula is C19H20. The van der Waals surface area contributed by atoms with E-state index in [0.29, 0.717) is 5.92 Å². The maximum absolute atomic E-state index is 4.11. The van der Waals surface area contributed by atoms with Crippen molar-refractivity contribution in [2.45, 2.75) is 19.3 Å². The van der Waals surface area contributed by atoms with Crippen LogP contribution in [0.15, 0.2) is 79.4 Å². The largest absolute Gasteiger partial charge is 0.103 e. The van der Waals surface area contributed by atoms with Gasteiger partial charge in [0.1, 0.15) is 0 Å². The van der Waals surface area contributed by atoms with E-state index in [9.17, 15) is 0 Å². The van der Waals surface area contributed by atoms with Crippen LogP contribution in [0.3, 0.4) is 0 Å². The molecule has 96 valence electrons. The highest BCUT2D eigenvalue weighted by Gasteiger charge is 2.11. The molecule has 0 N–H and O–H groups in total. The molecule has 0 aliphatic heterocycles. The van der Waals surface area contributed by atoms with Gasteiger partial charge < -0.3 is 0 Å². The quantitative estimate of drug-likeness (QED) is 0.605. The fraction of sp³-hybridized carbons (Fsp3) is 0.158. The highest BCUT2D eigenvalue weighted by atomic mass is 14.2. The van der Waals surface area contributed by atoms with Crippen LogP contribution in [0.4, 0.5) is 0 Å². The van der Waals surface area contributed by atoms with E-state index in [1.165, 1.54) is 22.3 Å². The molecule has 0 spiro atoms. The molecule has 19 heavy (non-hydrogen) atoms. The second-order valence-electron chi connectivity index (χ2n) is 4.91. The maximum atomic E-state index is 4.11. The Kier molecular flexibility index (Phi) is 4.35. The Balaban J connectivity index is 2.38. The van der Waals surface area contributed by atoms with Gasteiger partial charge in [0.25, 0.3) is 0 Å². The zero-order chi connectivity index (χ0) is 13.7. The minimum atomic E-state index is 0.362. The molecule has 0 aliphatic carbocycles. The van der Waals surface area contributed by atoms with Gasteiger partial charge in [-0.15, -0.1) is 6.58 Å². The first-order valence-electron chi connectivity index (χ1n) is 6.64. The molecule has 0 aromatic heterocycles. The van der Waals surface area contributed by atoms with Crippen LogP contribution < -0.4 is 0 Å². The molecule has 2 aromatic carbocycles. The molecule has 1 unspecified atom stereocenters. The van der Waals surface area contributed by atoms with Gasteiger partial charge in [0.2, 0.25) is 0 Å². The number of benzene rings is 2. The summed E-state index contributed by atoms with van der Waals surface area (Å²) in [4.78, 5) is 0. The molecular weight excluding hydrogens is 228 g/mol. The molecule has 0 fully saturated rings. The molecule has 0 saturated heterocycles. The highest BCUT2D eigenvalue weighted by molar-refractivity contribution is 5.64. The molecule has 0 amide bonds. The van der Waals surface area contributed by atoms with Crippen LogP contribution >= 0.6 is 0 Å². The number of hydrogen-bond donors (Lipinski definition) is 0. The molecule has 0 radical (unpaired) electrons. The van der Waals surface area contributed by atoms with Gasteiger partial charge in [0.15, 0.2) is 0 Å². The van der Waals surface area contributed by atoms with Crippen molar-refractivity contribution >= 4 is 0 Å². The van der Waals surface area contributed by atoms with E-state index in [1.54, 1.807) is 0 Å². The fourth-order valence-electron chi connectivity index (χ4n) is 2.35. The van der Waals surface area contributed by atoms with Crippen molar-refractivity contribution in [1.29, 1.82) is 0 Å². The molecule has 0 heteroatoms. The van der Waals surface area contributed by atoms with E-state index in [4.69, 9.17) is 0 Å². The van der Waals surface area contributed by atoms with Gasteiger partial charge in [-0.25, -0.2) is 0 Å².